The third-order valence-corrected chi connectivity index (χ3v) is 5.63. The maximum Gasteiger partial charge on any atom is 0.273 e. The van der Waals surface area contributed by atoms with E-state index >= 15 is 0 Å². The smallest absolute Gasteiger partial charge is 0.273 e. The summed E-state index contributed by atoms with van der Waals surface area (Å²) < 4.78 is 27.2. The molecule has 1 aromatic heterocycles. The molecule has 5 nitrogen and oxygen atoms in total. The van der Waals surface area contributed by atoms with Crippen LogP contribution in [0.2, 0.25) is 4.47 Å². The predicted molar refractivity (Wildman–Crippen MR) is 83.4 cm³/mol. The summed E-state index contributed by atoms with van der Waals surface area (Å²) >= 11 is 6.59. The van der Waals surface area contributed by atoms with Crippen LogP contribution in [0.4, 0.5) is 11.4 Å². The van der Waals surface area contributed by atoms with Crippen molar-refractivity contribution in [1.29, 1.82) is 0 Å². The van der Waals surface area contributed by atoms with Crippen molar-refractivity contribution < 1.29 is 8.42 Å². The number of aromatic nitrogens is 1. The van der Waals surface area contributed by atoms with Crippen molar-refractivity contribution in [3.05, 3.63) is 34.4 Å². The fourth-order valence-corrected chi connectivity index (χ4v) is 4.02. The molecule has 20 heavy (non-hydrogen) atoms. The molecule has 0 radical (unpaired) electrons. The topological polar surface area (TPSA) is 62.3 Å². The quantitative estimate of drug-likeness (QED) is 0.935. The van der Waals surface area contributed by atoms with Crippen molar-refractivity contribution in [3.8, 4) is 0 Å². The van der Waals surface area contributed by atoms with Crippen LogP contribution in [0.5, 0.6) is 0 Å². The molecule has 0 saturated carbocycles. The first-order chi connectivity index (χ1) is 9.29. The van der Waals surface area contributed by atoms with Crippen LogP contribution in [0.15, 0.2) is 28.6 Å². The van der Waals surface area contributed by atoms with Gasteiger partial charge >= 0.3 is 0 Å². The number of hydrogen-bond acceptors (Lipinski definition) is 5. The Morgan fingerprint density at radius 3 is 2.55 bits per heavy atom. The minimum absolute atomic E-state index is 0.0959. The molecule has 0 spiro atoms. The van der Waals surface area contributed by atoms with Crippen LogP contribution < -0.4 is 9.62 Å². The third-order valence-electron chi connectivity index (χ3n) is 2.69. The Labute approximate surface area is 127 Å². The average molecular weight is 332 g/mol. The number of benzene rings is 1. The van der Waals surface area contributed by atoms with Crippen LogP contribution in [-0.4, -0.2) is 27.5 Å². The Bertz CT molecular complexity index is 726. The Morgan fingerprint density at radius 1 is 1.35 bits per heavy atom. The average Bonchev–Trinajstić information content (AvgIpc) is 2.79. The zero-order valence-electron chi connectivity index (χ0n) is 11.2. The molecule has 1 N–H and O–H groups in total. The van der Waals surface area contributed by atoms with Crippen LogP contribution in [0.3, 0.4) is 0 Å². The molecule has 2 rings (SSSR count). The minimum Gasteiger partial charge on any atom is -0.378 e. The lowest BCUT2D eigenvalue weighted by molar-refractivity contribution is 0.603. The van der Waals surface area contributed by atoms with E-state index in [1.807, 2.05) is 38.1 Å². The minimum atomic E-state index is -3.64. The molecule has 1 aromatic carbocycles. The lowest BCUT2D eigenvalue weighted by Gasteiger charge is -2.15. The van der Waals surface area contributed by atoms with Gasteiger partial charge in [-0.15, -0.1) is 0 Å². The molecule has 0 amide bonds. The molecule has 0 saturated heterocycles. The highest BCUT2D eigenvalue weighted by Gasteiger charge is 2.18. The van der Waals surface area contributed by atoms with Gasteiger partial charge in [-0.25, -0.2) is 13.4 Å². The normalized spacial score (nSPS) is 11.4. The first-order valence-corrected chi connectivity index (χ1v) is 8.39. The highest BCUT2D eigenvalue weighted by molar-refractivity contribution is 7.94. The summed E-state index contributed by atoms with van der Waals surface area (Å²) in [5.74, 6) is 0. The number of thiazole rings is 1. The van der Waals surface area contributed by atoms with Gasteiger partial charge in [-0.05, 0) is 30.7 Å². The van der Waals surface area contributed by atoms with E-state index in [1.54, 1.807) is 6.07 Å². The zero-order valence-corrected chi connectivity index (χ0v) is 13.6. The number of halogens is 1. The molecule has 0 fully saturated rings. The molecule has 0 aliphatic heterocycles. The highest BCUT2D eigenvalue weighted by atomic mass is 35.5. The van der Waals surface area contributed by atoms with E-state index in [2.05, 4.69) is 9.71 Å². The largest absolute Gasteiger partial charge is 0.378 e. The number of anilines is 2. The molecular formula is C12H14ClN3O2S2. The van der Waals surface area contributed by atoms with Gasteiger partial charge in [0, 0.05) is 19.8 Å². The van der Waals surface area contributed by atoms with Gasteiger partial charge in [-0.3, -0.25) is 4.72 Å². The second-order valence-electron chi connectivity index (χ2n) is 4.43. The van der Waals surface area contributed by atoms with Gasteiger partial charge in [0.15, 0.2) is 8.68 Å². The molecule has 0 unspecified atom stereocenters. The van der Waals surface area contributed by atoms with Gasteiger partial charge in [0.05, 0.1) is 11.9 Å². The number of nitrogens with one attached hydrogen (secondary N) is 1. The van der Waals surface area contributed by atoms with Crippen LogP contribution in [-0.2, 0) is 10.0 Å². The summed E-state index contributed by atoms with van der Waals surface area (Å²) in [5.41, 5.74) is 2.39. The summed E-state index contributed by atoms with van der Waals surface area (Å²) in [5, 5.41) is 0. The maximum atomic E-state index is 12.2. The molecule has 0 aliphatic carbocycles. The fraction of sp³-hybridized carbons (Fsp3) is 0.250. The maximum absolute atomic E-state index is 12.2. The second kappa shape index (κ2) is 5.59. The lowest BCUT2D eigenvalue weighted by atomic mass is 10.2. The molecule has 0 atom stereocenters. The summed E-state index contributed by atoms with van der Waals surface area (Å²) in [6.45, 7) is 1.85. The summed E-state index contributed by atoms with van der Waals surface area (Å²) in [4.78, 5) is 5.70. The van der Waals surface area contributed by atoms with Crippen LogP contribution in [0.1, 0.15) is 5.56 Å². The van der Waals surface area contributed by atoms with Gasteiger partial charge in [-0.2, -0.15) is 0 Å². The Balaban J connectivity index is 2.30. The Kier molecular flexibility index (Phi) is 4.22. The summed E-state index contributed by atoms with van der Waals surface area (Å²) in [6, 6.07) is 5.51. The molecule has 0 aliphatic rings. The molecule has 8 heteroatoms. The van der Waals surface area contributed by atoms with Crippen molar-refractivity contribution >= 4 is 44.3 Å². The summed E-state index contributed by atoms with van der Waals surface area (Å²) in [7, 11) is 0.217. The number of aryl methyl sites for hydroxylation is 1. The van der Waals surface area contributed by atoms with E-state index < -0.39 is 10.0 Å². The van der Waals surface area contributed by atoms with E-state index in [-0.39, 0.29) is 8.68 Å². The second-order valence-corrected chi connectivity index (χ2v) is 7.95. The van der Waals surface area contributed by atoms with E-state index in [0.29, 0.717) is 5.69 Å². The molecule has 1 heterocycles. The number of sulfonamides is 1. The van der Waals surface area contributed by atoms with E-state index in [0.717, 1.165) is 22.6 Å². The van der Waals surface area contributed by atoms with Gasteiger partial charge in [0.2, 0.25) is 0 Å². The van der Waals surface area contributed by atoms with Gasteiger partial charge < -0.3 is 4.90 Å². The van der Waals surface area contributed by atoms with E-state index in [4.69, 9.17) is 11.6 Å². The SMILES string of the molecule is Cc1cc(N(C)C)ccc1NS(=O)(=O)c1cnc(Cl)s1. The van der Waals surface area contributed by atoms with Crippen molar-refractivity contribution in [2.75, 3.05) is 23.7 Å². The van der Waals surface area contributed by atoms with Crippen molar-refractivity contribution in [1.82, 2.24) is 4.98 Å². The fourth-order valence-electron chi connectivity index (χ4n) is 1.60. The molecule has 2 aromatic rings. The number of hydrogen-bond donors (Lipinski definition) is 1. The van der Waals surface area contributed by atoms with Crippen molar-refractivity contribution in [2.24, 2.45) is 0 Å². The van der Waals surface area contributed by atoms with Gasteiger partial charge in [0.1, 0.15) is 0 Å². The number of rotatable bonds is 4. The van der Waals surface area contributed by atoms with Crippen LogP contribution in [0, 0.1) is 6.92 Å². The summed E-state index contributed by atoms with van der Waals surface area (Å²) in [6.07, 6.45) is 1.25. The lowest BCUT2D eigenvalue weighted by Crippen LogP contribution is -2.13. The first-order valence-electron chi connectivity index (χ1n) is 5.72. The van der Waals surface area contributed by atoms with E-state index in [9.17, 15) is 8.42 Å². The highest BCUT2D eigenvalue weighted by Crippen LogP contribution is 2.27. The van der Waals surface area contributed by atoms with E-state index in [1.165, 1.54) is 6.20 Å². The van der Waals surface area contributed by atoms with Gasteiger partial charge in [0.25, 0.3) is 10.0 Å². The van der Waals surface area contributed by atoms with Crippen LogP contribution >= 0.6 is 22.9 Å². The standard InChI is InChI=1S/C12H14ClN3O2S2/c1-8-6-9(16(2)3)4-5-10(8)15-20(17,18)11-7-14-12(13)19-11/h4-7,15H,1-3H3. The Morgan fingerprint density at radius 2 is 2.05 bits per heavy atom. The molecule has 0 bridgehead atoms. The predicted octanol–water partition coefficient (Wildman–Crippen LogP) is 2.97. The third kappa shape index (κ3) is 3.23. The Hall–Kier alpha value is -1.31. The van der Waals surface area contributed by atoms with Gasteiger partial charge in [-0.1, -0.05) is 22.9 Å². The first kappa shape index (κ1) is 15.1. The molecule has 108 valence electrons. The zero-order chi connectivity index (χ0) is 14.9. The monoisotopic (exact) mass is 331 g/mol. The van der Waals surface area contributed by atoms with Crippen LogP contribution in [0.25, 0.3) is 0 Å². The van der Waals surface area contributed by atoms with Crippen molar-refractivity contribution in [2.45, 2.75) is 11.1 Å². The number of nitrogens with zero attached hydrogens (tertiary/aromatic N) is 2. The van der Waals surface area contributed by atoms with Crippen molar-refractivity contribution in [3.63, 3.8) is 0 Å². The molecular weight excluding hydrogens is 318 g/mol.